The van der Waals surface area contributed by atoms with Crippen molar-refractivity contribution in [1.82, 2.24) is 5.32 Å². The van der Waals surface area contributed by atoms with Gasteiger partial charge in [-0.25, -0.2) is 0 Å². The predicted octanol–water partition coefficient (Wildman–Crippen LogP) is 1.24. The Kier molecular flexibility index (Phi) is 6.80. The number of carbonyl (C=O) groups is 2. The first-order valence-corrected chi connectivity index (χ1v) is 4.92. The maximum absolute atomic E-state index is 11.1. The number of esters is 1. The molecule has 0 aromatic heterocycles. The fourth-order valence-electron chi connectivity index (χ4n) is 1.05. The SMILES string of the molecule is COC(=O)CCCCC(=O)NC(C)C. The van der Waals surface area contributed by atoms with Gasteiger partial charge in [0.25, 0.3) is 0 Å². The van der Waals surface area contributed by atoms with Gasteiger partial charge in [-0.05, 0) is 26.7 Å². The molecule has 4 heteroatoms. The first-order chi connectivity index (χ1) is 6.56. The molecule has 0 radical (unpaired) electrons. The van der Waals surface area contributed by atoms with Gasteiger partial charge >= 0.3 is 5.97 Å². The van der Waals surface area contributed by atoms with Gasteiger partial charge < -0.3 is 10.1 Å². The minimum Gasteiger partial charge on any atom is -0.469 e. The van der Waals surface area contributed by atoms with Crippen molar-refractivity contribution < 1.29 is 14.3 Å². The first-order valence-electron chi connectivity index (χ1n) is 4.92. The highest BCUT2D eigenvalue weighted by molar-refractivity contribution is 5.76. The largest absolute Gasteiger partial charge is 0.469 e. The number of carbonyl (C=O) groups excluding carboxylic acids is 2. The van der Waals surface area contributed by atoms with E-state index >= 15 is 0 Å². The van der Waals surface area contributed by atoms with Crippen molar-refractivity contribution in [2.75, 3.05) is 7.11 Å². The summed E-state index contributed by atoms with van der Waals surface area (Å²) in [5.74, 6) is -0.167. The van der Waals surface area contributed by atoms with Gasteiger partial charge in [0, 0.05) is 18.9 Å². The lowest BCUT2D eigenvalue weighted by molar-refractivity contribution is -0.140. The third-order valence-electron chi connectivity index (χ3n) is 1.71. The van der Waals surface area contributed by atoms with Crippen molar-refractivity contribution in [1.29, 1.82) is 0 Å². The van der Waals surface area contributed by atoms with Gasteiger partial charge in [0.2, 0.25) is 5.91 Å². The highest BCUT2D eigenvalue weighted by atomic mass is 16.5. The zero-order chi connectivity index (χ0) is 11.0. The maximum atomic E-state index is 11.1. The Hall–Kier alpha value is -1.06. The molecule has 0 aromatic carbocycles. The van der Waals surface area contributed by atoms with E-state index in [4.69, 9.17) is 0 Å². The monoisotopic (exact) mass is 201 g/mol. The van der Waals surface area contributed by atoms with Crippen LogP contribution in [0.5, 0.6) is 0 Å². The number of rotatable bonds is 6. The Balaban J connectivity index is 3.36. The van der Waals surface area contributed by atoms with Crippen LogP contribution in [0, 0.1) is 0 Å². The summed E-state index contributed by atoms with van der Waals surface area (Å²) >= 11 is 0. The maximum Gasteiger partial charge on any atom is 0.305 e. The first kappa shape index (κ1) is 12.9. The molecule has 0 heterocycles. The van der Waals surface area contributed by atoms with Crippen molar-refractivity contribution >= 4 is 11.9 Å². The summed E-state index contributed by atoms with van der Waals surface area (Å²) < 4.78 is 4.48. The number of hydrogen-bond acceptors (Lipinski definition) is 3. The summed E-state index contributed by atoms with van der Waals surface area (Å²) in [4.78, 5) is 21.9. The summed E-state index contributed by atoms with van der Waals surface area (Å²) in [5, 5.41) is 2.79. The molecule has 0 saturated heterocycles. The molecule has 0 aliphatic carbocycles. The Morgan fingerprint density at radius 2 is 1.79 bits per heavy atom. The van der Waals surface area contributed by atoms with E-state index < -0.39 is 0 Å². The van der Waals surface area contributed by atoms with Crippen molar-refractivity contribution in [2.45, 2.75) is 45.6 Å². The lowest BCUT2D eigenvalue weighted by Crippen LogP contribution is -2.29. The summed E-state index contributed by atoms with van der Waals surface area (Å²) in [6.07, 6.45) is 2.31. The normalized spacial score (nSPS) is 10.0. The summed E-state index contributed by atoms with van der Waals surface area (Å²) in [7, 11) is 1.37. The quantitative estimate of drug-likeness (QED) is 0.519. The highest BCUT2D eigenvalue weighted by Gasteiger charge is 2.04. The zero-order valence-corrected chi connectivity index (χ0v) is 9.13. The molecule has 14 heavy (non-hydrogen) atoms. The smallest absolute Gasteiger partial charge is 0.305 e. The lowest BCUT2D eigenvalue weighted by atomic mass is 10.2. The molecular weight excluding hydrogens is 182 g/mol. The molecule has 0 rings (SSSR count). The second-order valence-corrected chi connectivity index (χ2v) is 3.51. The van der Waals surface area contributed by atoms with Crippen LogP contribution in [-0.4, -0.2) is 25.0 Å². The van der Waals surface area contributed by atoms with Gasteiger partial charge in [-0.3, -0.25) is 9.59 Å². The van der Waals surface area contributed by atoms with Crippen LogP contribution in [0.4, 0.5) is 0 Å². The second kappa shape index (κ2) is 7.35. The summed E-state index contributed by atoms with van der Waals surface area (Å²) in [5.41, 5.74) is 0. The summed E-state index contributed by atoms with van der Waals surface area (Å²) in [6, 6.07) is 0.183. The van der Waals surface area contributed by atoms with Crippen LogP contribution < -0.4 is 5.32 Å². The molecule has 1 N–H and O–H groups in total. The third-order valence-corrected chi connectivity index (χ3v) is 1.71. The molecule has 82 valence electrons. The molecule has 0 saturated carbocycles. The third kappa shape index (κ3) is 7.58. The van der Waals surface area contributed by atoms with Crippen molar-refractivity contribution in [3.63, 3.8) is 0 Å². The number of unbranched alkanes of at least 4 members (excludes halogenated alkanes) is 1. The molecular formula is C10H19NO3. The van der Waals surface area contributed by atoms with E-state index in [9.17, 15) is 9.59 Å². The number of methoxy groups -OCH3 is 1. The molecule has 0 aliphatic rings. The standard InChI is InChI=1S/C10H19NO3/c1-8(2)11-9(12)6-4-5-7-10(13)14-3/h8H,4-7H2,1-3H3,(H,11,12). The predicted molar refractivity (Wildman–Crippen MR) is 53.8 cm³/mol. The molecule has 0 aromatic rings. The lowest BCUT2D eigenvalue weighted by Gasteiger charge is -2.07. The van der Waals surface area contributed by atoms with E-state index in [-0.39, 0.29) is 17.9 Å². The number of ether oxygens (including phenoxy) is 1. The Morgan fingerprint density at radius 1 is 1.21 bits per heavy atom. The van der Waals surface area contributed by atoms with E-state index in [1.54, 1.807) is 0 Å². The van der Waals surface area contributed by atoms with Crippen LogP contribution in [0.1, 0.15) is 39.5 Å². The van der Waals surface area contributed by atoms with Crippen LogP contribution >= 0.6 is 0 Å². The Labute approximate surface area is 85.0 Å². The number of hydrogen-bond donors (Lipinski definition) is 1. The van der Waals surface area contributed by atoms with Gasteiger partial charge in [0.05, 0.1) is 7.11 Å². The minimum absolute atomic E-state index is 0.0462. The second-order valence-electron chi connectivity index (χ2n) is 3.51. The van der Waals surface area contributed by atoms with Crippen molar-refractivity contribution in [3.8, 4) is 0 Å². The molecule has 0 spiro atoms. The minimum atomic E-state index is -0.214. The van der Waals surface area contributed by atoms with Gasteiger partial charge in [0.1, 0.15) is 0 Å². The van der Waals surface area contributed by atoms with Gasteiger partial charge in [0.15, 0.2) is 0 Å². The fraction of sp³-hybridized carbons (Fsp3) is 0.800. The molecule has 1 amide bonds. The molecule has 0 bridgehead atoms. The van der Waals surface area contributed by atoms with Crippen molar-refractivity contribution in [2.24, 2.45) is 0 Å². The van der Waals surface area contributed by atoms with Crippen LogP contribution in [-0.2, 0) is 14.3 Å². The van der Waals surface area contributed by atoms with Crippen LogP contribution in [0.15, 0.2) is 0 Å². The van der Waals surface area contributed by atoms with E-state index in [0.717, 1.165) is 6.42 Å². The average Bonchev–Trinajstić information content (AvgIpc) is 2.10. The Bertz CT molecular complexity index is 190. The fourth-order valence-corrected chi connectivity index (χ4v) is 1.05. The van der Waals surface area contributed by atoms with E-state index in [0.29, 0.717) is 19.3 Å². The van der Waals surface area contributed by atoms with Gasteiger partial charge in [-0.2, -0.15) is 0 Å². The van der Waals surface area contributed by atoms with Gasteiger partial charge in [-0.1, -0.05) is 0 Å². The number of nitrogens with one attached hydrogen (secondary N) is 1. The molecule has 4 nitrogen and oxygen atoms in total. The van der Waals surface area contributed by atoms with Gasteiger partial charge in [-0.15, -0.1) is 0 Å². The molecule has 0 fully saturated rings. The van der Waals surface area contributed by atoms with E-state index in [2.05, 4.69) is 10.1 Å². The topological polar surface area (TPSA) is 55.4 Å². The van der Waals surface area contributed by atoms with Crippen LogP contribution in [0.3, 0.4) is 0 Å². The highest BCUT2D eigenvalue weighted by Crippen LogP contribution is 2.01. The van der Waals surface area contributed by atoms with E-state index in [1.165, 1.54) is 7.11 Å². The van der Waals surface area contributed by atoms with Crippen molar-refractivity contribution in [3.05, 3.63) is 0 Å². The van der Waals surface area contributed by atoms with Crippen LogP contribution in [0.2, 0.25) is 0 Å². The molecule has 0 aliphatic heterocycles. The number of amides is 1. The zero-order valence-electron chi connectivity index (χ0n) is 9.13. The van der Waals surface area contributed by atoms with Crippen LogP contribution in [0.25, 0.3) is 0 Å². The molecule has 0 unspecified atom stereocenters. The molecule has 0 atom stereocenters. The average molecular weight is 201 g/mol. The van der Waals surface area contributed by atoms with E-state index in [1.807, 2.05) is 13.8 Å². The summed E-state index contributed by atoms with van der Waals surface area (Å²) in [6.45, 7) is 3.85. The Morgan fingerprint density at radius 3 is 2.29 bits per heavy atom.